The Labute approximate surface area is 151 Å². The highest BCUT2D eigenvalue weighted by atomic mass is 16.8. The number of aliphatic carboxylic acids is 1. The van der Waals surface area contributed by atoms with Gasteiger partial charge in [-0.1, -0.05) is 60.2 Å². The molecular weight excluding hydrogens is 334 g/mol. The molecule has 1 amide bonds. The summed E-state index contributed by atoms with van der Waals surface area (Å²) in [6, 6.07) is 17.1. The van der Waals surface area contributed by atoms with Gasteiger partial charge in [-0.15, -0.1) is 0 Å². The standard InChI is InChI=1S/C20H19NO5/c1-13-7-9-14(10-8-13)11-21-12-20(15-5-3-2-4-6-15)25-16(18(21)22)17(26-20)19(23)24/h2-10,16-17H,11-12H2,1H3,(H,23,24). The van der Waals surface area contributed by atoms with Crippen LogP contribution in [0, 0.1) is 6.92 Å². The van der Waals surface area contributed by atoms with Crippen molar-refractivity contribution in [2.75, 3.05) is 6.54 Å². The zero-order valence-electron chi connectivity index (χ0n) is 14.3. The van der Waals surface area contributed by atoms with Crippen LogP contribution in [0.5, 0.6) is 0 Å². The van der Waals surface area contributed by atoms with Gasteiger partial charge in [-0.2, -0.15) is 0 Å². The number of carboxylic acid groups (broad SMARTS) is 1. The van der Waals surface area contributed by atoms with Crippen molar-refractivity contribution >= 4 is 11.9 Å². The molecule has 2 saturated heterocycles. The minimum Gasteiger partial charge on any atom is -0.479 e. The third-order valence-electron chi connectivity index (χ3n) is 4.81. The number of rotatable bonds is 4. The summed E-state index contributed by atoms with van der Waals surface area (Å²) in [6.45, 7) is 2.52. The normalized spacial score (nSPS) is 27.6. The fraction of sp³-hybridized carbons (Fsp3) is 0.300. The molecule has 1 N–H and O–H groups in total. The van der Waals surface area contributed by atoms with E-state index in [1.807, 2.05) is 61.5 Å². The molecule has 134 valence electrons. The molecule has 2 aliphatic rings. The Morgan fingerprint density at radius 2 is 1.85 bits per heavy atom. The van der Waals surface area contributed by atoms with Gasteiger partial charge in [0, 0.05) is 12.1 Å². The number of hydrogen-bond donors (Lipinski definition) is 1. The van der Waals surface area contributed by atoms with Crippen LogP contribution in [-0.4, -0.2) is 40.6 Å². The topological polar surface area (TPSA) is 76.1 Å². The van der Waals surface area contributed by atoms with E-state index in [4.69, 9.17) is 9.47 Å². The first-order valence-corrected chi connectivity index (χ1v) is 8.47. The first-order chi connectivity index (χ1) is 12.5. The summed E-state index contributed by atoms with van der Waals surface area (Å²) >= 11 is 0. The largest absolute Gasteiger partial charge is 0.479 e. The zero-order chi connectivity index (χ0) is 18.3. The number of carboxylic acids is 1. The number of aryl methyl sites for hydroxylation is 1. The molecule has 0 spiro atoms. The Bertz CT molecular complexity index is 835. The quantitative estimate of drug-likeness (QED) is 0.911. The number of amides is 1. The average Bonchev–Trinajstić information content (AvgIpc) is 2.99. The molecule has 0 saturated carbocycles. The monoisotopic (exact) mass is 353 g/mol. The molecule has 2 aromatic carbocycles. The molecule has 2 aromatic rings. The molecule has 0 radical (unpaired) electrons. The number of nitrogens with zero attached hydrogens (tertiary/aromatic N) is 1. The lowest BCUT2D eigenvalue weighted by Crippen LogP contribution is -2.53. The molecule has 3 atom stereocenters. The summed E-state index contributed by atoms with van der Waals surface area (Å²) in [5, 5.41) is 9.47. The molecule has 6 nitrogen and oxygen atoms in total. The van der Waals surface area contributed by atoms with Crippen molar-refractivity contribution in [1.29, 1.82) is 0 Å². The van der Waals surface area contributed by atoms with Crippen LogP contribution in [0.15, 0.2) is 54.6 Å². The highest BCUT2D eigenvalue weighted by Gasteiger charge is 2.60. The van der Waals surface area contributed by atoms with Crippen LogP contribution in [0.2, 0.25) is 0 Å². The summed E-state index contributed by atoms with van der Waals surface area (Å²) in [6.07, 6.45) is -2.46. The fourth-order valence-electron chi connectivity index (χ4n) is 3.47. The number of benzene rings is 2. The second-order valence-corrected chi connectivity index (χ2v) is 6.71. The molecule has 3 unspecified atom stereocenters. The van der Waals surface area contributed by atoms with Gasteiger partial charge in [0.1, 0.15) is 0 Å². The highest BCUT2D eigenvalue weighted by Crippen LogP contribution is 2.43. The van der Waals surface area contributed by atoms with Crippen molar-refractivity contribution in [1.82, 2.24) is 4.90 Å². The maximum absolute atomic E-state index is 12.8. The highest BCUT2D eigenvalue weighted by molar-refractivity contribution is 5.89. The van der Waals surface area contributed by atoms with Crippen LogP contribution in [0.1, 0.15) is 16.7 Å². The van der Waals surface area contributed by atoms with Gasteiger partial charge in [0.05, 0.1) is 6.54 Å². The number of carbonyl (C=O) groups is 2. The SMILES string of the molecule is Cc1ccc(CN2CC3(c4ccccc4)OC(C(=O)O)C(O3)C2=O)cc1. The maximum atomic E-state index is 12.8. The zero-order valence-corrected chi connectivity index (χ0v) is 14.3. The van der Waals surface area contributed by atoms with Crippen molar-refractivity contribution in [3.8, 4) is 0 Å². The van der Waals surface area contributed by atoms with Crippen molar-refractivity contribution in [3.05, 3.63) is 71.3 Å². The van der Waals surface area contributed by atoms with E-state index in [0.29, 0.717) is 12.1 Å². The molecular formula is C20H19NO5. The van der Waals surface area contributed by atoms with E-state index in [-0.39, 0.29) is 12.5 Å². The van der Waals surface area contributed by atoms with Gasteiger partial charge in [0.2, 0.25) is 5.79 Å². The van der Waals surface area contributed by atoms with Crippen LogP contribution < -0.4 is 0 Å². The predicted octanol–water partition coefficient (Wildman–Crippen LogP) is 2.06. The van der Waals surface area contributed by atoms with Crippen molar-refractivity contribution in [3.63, 3.8) is 0 Å². The number of morpholine rings is 1. The van der Waals surface area contributed by atoms with E-state index in [1.54, 1.807) is 4.90 Å². The van der Waals surface area contributed by atoms with E-state index in [0.717, 1.165) is 11.1 Å². The Morgan fingerprint density at radius 1 is 1.15 bits per heavy atom. The Hall–Kier alpha value is -2.70. The van der Waals surface area contributed by atoms with Crippen LogP contribution in [0.25, 0.3) is 0 Å². The van der Waals surface area contributed by atoms with E-state index >= 15 is 0 Å². The predicted molar refractivity (Wildman–Crippen MR) is 92.1 cm³/mol. The number of carbonyl (C=O) groups excluding carboxylic acids is 1. The Morgan fingerprint density at radius 3 is 2.50 bits per heavy atom. The van der Waals surface area contributed by atoms with Gasteiger partial charge in [-0.3, -0.25) is 4.79 Å². The second-order valence-electron chi connectivity index (χ2n) is 6.71. The van der Waals surface area contributed by atoms with E-state index in [9.17, 15) is 14.7 Å². The minimum absolute atomic E-state index is 0.143. The molecule has 26 heavy (non-hydrogen) atoms. The summed E-state index contributed by atoms with van der Waals surface area (Å²) in [5.74, 6) is -2.81. The van der Waals surface area contributed by atoms with Gasteiger partial charge < -0.3 is 19.5 Å². The number of fused-ring (bicyclic) bond motifs is 2. The van der Waals surface area contributed by atoms with Gasteiger partial charge in [0.15, 0.2) is 12.2 Å². The lowest BCUT2D eigenvalue weighted by molar-refractivity contribution is -0.219. The molecule has 4 rings (SSSR count). The third kappa shape index (κ3) is 2.77. The van der Waals surface area contributed by atoms with E-state index < -0.39 is 24.0 Å². The first kappa shape index (κ1) is 16.8. The summed E-state index contributed by atoms with van der Waals surface area (Å²) in [5.41, 5.74) is 2.81. The summed E-state index contributed by atoms with van der Waals surface area (Å²) < 4.78 is 11.6. The fourth-order valence-corrected chi connectivity index (χ4v) is 3.47. The van der Waals surface area contributed by atoms with Crippen molar-refractivity contribution in [2.45, 2.75) is 31.5 Å². The Kier molecular flexibility index (Phi) is 4.01. The van der Waals surface area contributed by atoms with Gasteiger partial charge in [-0.05, 0) is 12.5 Å². The minimum atomic E-state index is -1.31. The van der Waals surface area contributed by atoms with Crippen LogP contribution >= 0.6 is 0 Å². The molecule has 2 fully saturated rings. The van der Waals surface area contributed by atoms with E-state index in [1.165, 1.54) is 0 Å². The van der Waals surface area contributed by atoms with Crippen molar-refractivity contribution < 1.29 is 24.2 Å². The number of ether oxygens (including phenoxy) is 2. The van der Waals surface area contributed by atoms with Gasteiger partial charge in [-0.25, -0.2) is 4.79 Å². The average molecular weight is 353 g/mol. The summed E-state index contributed by atoms with van der Waals surface area (Å²) in [7, 11) is 0. The molecule has 6 heteroatoms. The van der Waals surface area contributed by atoms with Crippen LogP contribution in [0.3, 0.4) is 0 Å². The number of hydrogen-bond acceptors (Lipinski definition) is 4. The lowest BCUT2D eigenvalue weighted by Gasteiger charge is -2.38. The lowest BCUT2D eigenvalue weighted by atomic mass is 10.0. The summed E-state index contributed by atoms with van der Waals surface area (Å²) in [4.78, 5) is 26.0. The van der Waals surface area contributed by atoms with Crippen LogP contribution in [-0.2, 0) is 31.4 Å². The first-order valence-electron chi connectivity index (χ1n) is 8.47. The van der Waals surface area contributed by atoms with Gasteiger partial charge in [0.25, 0.3) is 5.91 Å². The molecule has 2 bridgehead atoms. The third-order valence-corrected chi connectivity index (χ3v) is 4.81. The molecule has 2 heterocycles. The smallest absolute Gasteiger partial charge is 0.336 e. The molecule has 0 aliphatic carbocycles. The maximum Gasteiger partial charge on any atom is 0.336 e. The van der Waals surface area contributed by atoms with Crippen molar-refractivity contribution in [2.24, 2.45) is 0 Å². The Balaban J connectivity index is 1.68. The van der Waals surface area contributed by atoms with Crippen LogP contribution in [0.4, 0.5) is 0 Å². The molecule has 2 aliphatic heterocycles. The molecule has 0 aromatic heterocycles. The second kappa shape index (κ2) is 6.23. The van der Waals surface area contributed by atoms with E-state index in [2.05, 4.69) is 0 Å². The van der Waals surface area contributed by atoms with Gasteiger partial charge >= 0.3 is 5.97 Å².